The minimum atomic E-state index is -0.365. The van der Waals surface area contributed by atoms with Crippen molar-refractivity contribution in [2.24, 2.45) is 0 Å². The molecule has 1 aliphatic rings. The van der Waals surface area contributed by atoms with E-state index in [0.29, 0.717) is 13.1 Å². The number of carbonyl (C=O) groups is 2. The first-order valence-electron chi connectivity index (χ1n) is 6.72. The SMILES string of the molecule is CCNC(=O)CNC(=O)NCC1Cc2ccccc2O1. The van der Waals surface area contributed by atoms with Crippen LogP contribution in [0.3, 0.4) is 0 Å². The fraction of sp³-hybridized carbons (Fsp3) is 0.429. The van der Waals surface area contributed by atoms with Crippen molar-refractivity contribution in [3.63, 3.8) is 0 Å². The highest BCUT2D eigenvalue weighted by Gasteiger charge is 2.22. The molecule has 0 aromatic heterocycles. The van der Waals surface area contributed by atoms with Crippen LogP contribution in [0, 0.1) is 0 Å². The Balaban J connectivity index is 1.67. The summed E-state index contributed by atoms with van der Waals surface area (Å²) in [6, 6.07) is 7.47. The Morgan fingerprint density at radius 2 is 2.05 bits per heavy atom. The van der Waals surface area contributed by atoms with Crippen LogP contribution >= 0.6 is 0 Å². The molecule has 0 saturated carbocycles. The number of fused-ring (bicyclic) bond motifs is 1. The highest BCUT2D eigenvalue weighted by molar-refractivity contribution is 5.83. The number of amides is 3. The number of ether oxygens (including phenoxy) is 1. The van der Waals surface area contributed by atoms with Gasteiger partial charge in [-0.1, -0.05) is 18.2 Å². The van der Waals surface area contributed by atoms with Crippen LogP contribution in [0.5, 0.6) is 5.75 Å². The predicted octanol–water partition coefficient (Wildman–Crippen LogP) is 0.425. The Morgan fingerprint density at radius 3 is 2.80 bits per heavy atom. The van der Waals surface area contributed by atoms with Crippen molar-refractivity contribution in [1.82, 2.24) is 16.0 Å². The highest BCUT2D eigenvalue weighted by Crippen LogP contribution is 2.27. The summed E-state index contributed by atoms with van der Waals surface area (Å²) in [4.78, 5) is 22.7. The van der Waals surface area contributed by atoms with E-state index in [1.54, 1.807) is 0 Å². The van der Waals surface area contributed by atoms with Gasteiger partial charge in [-0.2, -0.15) is 0 Å². The average Bonchev–Trinajstić information content (AvgIpc) is 2.86. The lowest BCUT2D eigenvalue weighted by Crippen LogP contribution is -2.44. The van der Waals surface area contributed by atoms with E-state index in [1.165, 1.54) is 0 Å². The Kier molecular flexibility index (Phi) is 4.81. The van der Waals surface area contributed by atoms with E-state index in [9.17, 15) is 9.59 Å². The number of rotatable bonds is 5. The fourth-order valence-corrected chi connectivity index (χ4v) is 2.06. The van der Waals surface area contributed by atoms with Crippen LogP contribution in [0.15, 0.2) is 24.3 Å². The average molecular weight is 277 g/mol. The van der Waals surface area contributed by atoms with E-state index < -0.39 is 0 Å². The molecule has 1 aromatic rings. The van der Waals surface area contributed by atoms with E-state index >= 15 is 0 Å². The third-order valence-corrected chi connectivity index (χ3v) is 2.99. The minimum Gasteiger partial charge on any atom is -0.488 e. The monoisotopic (exact) mass is 277 g/mol. The molecule has 1 unspecified atom stereocenters. The second kappa shape index (κ2) is 6.79. The number of hydrogen-bond acceptors (Lipinski definition) is 3. The summed E-state index contributed by atoms with van der Waals surface area (Å²) in [6.07, 6.45) is 0.731. The van der Waals surface area contributed by atoms with Gasteiger partial charge in [0.15, 0.2) is 0 Å². The first-order chi connectivity index (χ1) is 9.69. The lowest BCUT2D eigenvalue weighted by Gasteiger charge is -2.12. The van der Waals surface area contributed by atoms with Gasteiger partial charge in [-0.05, 0) is 18.6 Å². The van der Waals surface area contributed by atoms with Crippen molar-refractivity contribution < 1.29 is 14.3 Å². The Bertz CT molecular complexity index is 465. The molecule has 0 spiro atoms. The van der Waals surface area contributed by atoms with Crippen LogP contribution in [0.1, 0.15) is 12.5 Å². The maximum absolute atomic E-state index is 11.5. The Labute approximate surface area is 117 Å². The zero-order valence-electron chi connectivity index (χ0n) is 11.4. The summed E-state index contributed by atoms with van der Waals surface area (Å²) in [5, 5.41) is 7.80. The molecule has 2 rings (SSSR count). The maximum atomic E-state index is 11.5. The van der Waals surface area contributed by atoms with Gasteiger partial charge < -0.3 is 20.7 Å². The molecular weight excluding hydrogens is 258 g/mol. The van der Waals surface area contributed by atoms with E-state index in [4.69, 9.17) is 4.74 Å². The minimum absolute atomic E-state index is 0.0224. The van der Waals surface area contributed by atoms with Gasteiger partial charge in [0.2, 0.25) is 5.91 Å². The zero-order valence-corrected chi connectivity index (χ0v) is 11.4. The smallest absolute Gasteiger partial charge is 0.315 e. The molecule has 1 aliphatic heterocycles. The molecule has 108 valence electrons. The van der Waals surface area contributed by atoms with Crippen LogP contribution < -0.4 is 20.7 Å². The topological polar surface area (TPSA) is 79.5 Å². The number of hydrogen-bond donors (Lipinski definition) is 3. The molecule has 0 saturated heterocycles. The normalized spacial score (nSPS) is 15.9. The summed E-state index contributed by atoms with van der Waals surface area (Å²) in [6.45, 7) is 2.77. The maximum Gasteiger partial charge on any atom is 0.315 e. The predicted molar refractivity (Wildman–Crippen MR) is 74.6 cm³/mol. The summed E-state index contributed by atoms with van der Waals surface area (Å²) < 4.78 is 5.70. The second-order valence-electron chi connectivity index (χ2n) is 4.57. The quantitative estimate of drug-likeness (QED) is 0.730. The number of nitrogens with one attached hydrogen (secondary N) is 3. The van der Waals surface area contributed by atoms with E-state index in [2.05, 4.69) is 16.0 Å². The molecule has 0 bridgehead atoms. The third-order valence-electron chi connectivity index (χ3n) is 2.99. The Hall–Kier alpha value is -2.24. The molecule has 1 aromatic carbocycles. The number of likely N-dealkylation sites (N-methyl/N-ethyl adjacent to an activating group) is 1. The molecule has 0 radical (unpaired) electrons. The molecule has 20 heavy (non-hydrogen) atoms. The summed E-state index contributed by atoms with van der Waals surface area (Å²) in [5.74, 6) is 0.675. The fourth-order valence-electron chi connectivity index (χ4n) is 2.06. The van der Waals surface area contributed by atoms with Crippen LogP contribution in [0.4, 0.5) is 4.79 Å². The van der Waals surface area contributed by atoms with Crippen molar-refractivity contribution in [2.75, 3.05) is 19.6 Å². The molecule has 3 amide bonds. The molecule has 6 nitrogen and oxygen atoms in total. The number of benzene rings is 1. The van der Waals surface area contributed by atoms with E-state index in [0.717, 1.165) is 17.7 Å². The molecule has 3 N–H and O–H groups in total. The molecule has 0 aliphatic carbocycles. The van der Waals surface area contributed by atoms with Gasteiger partial charge in [0.05, 0.1) is 13.1 Å². The number of para-hydroxylation sites is 1. The van der Waals surface area contributed by atoms with E-state index in [-0.39, 0.29) is 24.6 Å². The van der Waals surface area contributed by atoms with Crippen molar-refractivity contribution in [2.45, 2.75) is 19.4 Å². The summed E-state index contributed by atoms with van der Waals surface area (Å²) in [5.41, 5.74) is 1.15. The zero-order chi connectivity index (χ0) is 14.4. The molecular formula is C14H19N3O3. The number of urea groups is 1. The number of carbonyl (C=O) groups excluding carboxylic acids is 2. The summed E-state index contributed by atoms with van der Waals surface area (Å²) >= 11 is 0. The van der Waals surface area contributed by atoms with Gasteiger partial charge >= 0.3 is 6.03 Å². The lowest BCUT2D eigenvalue weighted by atomic mass is 10.1. The lowest BCUT2D eigenvalue weighted by molar-refractivity contribution is -0.119. The van der Waals surface area contributed by atoms with Gasteiger partial charge in [0.25, 0.3) is 0 Å². The molecule has 1 atom stereocenters. The van der Waals surface area contributed by atoms with Crippen molar-refractivity contribution in [1.29, 1.82) is 0 Å². The van der Waals surface area contributed by atoms with Crippen molar-refractivity contribution >= 4 is 11.9 Å². The highest BCUT2D eigenvalue weighted by atomic mass is 16.5. The van der Waals surface area contributed by atoms with Crippen LogP contribution in [-0.4, -0.2) is 37.7 Å². The van der Waals surface area contributed by atoms with Crippen molar-refractivity contribution in [3.05, 3.63) is 29.8 Å². The van der Waals surface area contributed by atoms with Crippen LogP contribution in [0.2, 0.25) is 0 Å². The first kappa shape index (κ1) is 14.2. The largest absolute Gasteiger partial charge is 0.488 e. The molecule has 0 fully saturated rings. The van der Waals surface area contributed by atoms with Gasteiger partial charge in [-0.15, -0.1) is 0 Å². The van der Waals surface area contributed by atoms with Gasteiger partial charge in [0, 0.05) is 13.0 Å². The van der Waals surface area contributed by atoms with Crippen LogP contribution in [-0.2, 0) is 11.2 Å². The third kappa shape index (κ3) is 3.88. The van der Waals surface area contributed by atoms with Gasteiger partial charge in [0.1, 0.15) is 11.9 Å². The van der Waals surface area contributed by atoms with Gasteiger partial charge in [-0.25, -0.2) is 4.79 Å². The summed E-state index contributed by atoms with van der Waals surface area (Å²) in [7, 11) is 0. The second-order valence-corrected chi connectivity index (χ2v) is 4.57. The van der Waals surface area contributed by atoms with Crippen molar-refractivity contribution in [3.8, 4) is 5.75 Å². The Morgan fingerprint density at radius 1 is 1.25 bits per heavy atom. The van der Waals surface area contributed by atoms with Crippen LogP contribution in [0.25, 0.3) is 0 Å². The van der Waals surface area contributed by atoms with Gasteiger partial charge in [-0.3, -0.25) is 4.79 Å². The molecule has 6 heteroatoms. The molecule has 1 heterocycles. The standard InChI is InChI=1S/C14H19N3O3/c1-2-15-13(18)9-17-14(19)16-8-11-7-10-5-3-4-6-12(10)20-11/h3-6,11H,2,7-9H2,1H3,(H,15,18)(H2,16,17,19). The first-order valence-corrected chi connectivity index (χ1v) is 6.72. The van der Waals surface area contributed by atoms with E-state index in [1.807, 2.05) is 31.2 Å².